The third-order valence-corrected chi connectivity index (χ3v) is 6.09. The zero-order chi connectivity index (χ0) is 8.39. The molecule has 5 heteroatoms. The molecule has 1 nitrogen and oxygen atoms in total. The molecular formula is C7H4ClNS2Se. The van der Waals surface area contributed by atoms with Gasteiger partial charge in [-0.2, -0.15) is 0 Å². The first-order chi connectivity index (χ1) is 5.90. The maximum atomic E-state index is 5.66. The van der Waals surface area contributed by atoms with Crippen LogP contribution in [0.4, 0.5) is 0 Å². The van der Waals surface area contributed by atoms with E-state index < -0.39 is 0 Å². The molecule has 0 atom stereocenters. The van der Waals surface area contributed by atoms with Gasteiger partial charge in [-0.3, -0.25) is 0 Å². The maximum absolute atomic E-state index is 5.66. The molecule has 1 aromatic heterocycles. The Morgan fingerprint density at radius 3 is 3.00 bits per heavy atom. The predicted molar refractivity (Wildman–Crippen MR) is 57.1 cm³/mol. The van der Waals surface area contributed by atoms with Crippen LogP contribution in [0.25, 0.3) is 10.2 Å². The molecule has 2 aromatic rings. The summed E-state index contributed by atoms with van der Waals surface area (Å²) in [6.07, 6.45) is 0. The molecule has 0 unspecified atom stereocenters. The van der Waals surface area contributed by atoms with E-state index in [1.165, 1.54) is 4.70 Å². The van der Waals surface area contributed by atoms with Crippen LogP contribution in [0.1, 0.15) is 0 Å². The molecule has 62 valence electrons. The Bertz CT molecular complexity index is 357. The summed E-state index contributed by atoms with van der Waals surface area (Å²) < 4.78 is 2.31. The van der Waals surface area contributed by atoms with Gasteiger partial charge in [0.2, 0.25) is 0 Å². The van der Waals surface area contributed by atoms with Crippen LogP contribution < -0.4 is 0 Å². The van der Waals surface area contributed by atoms with Gasteiger partial charge in [0.25, 0.3) is 0 Å². The van der Waals surface area contributed by atoms with Crippen molar-refractivity contribution in [1.82, 2.24) is 4.98 Å². The van der Waals surface area contributed by atoms with Crippen LogP contribution in [0.15, 0.2) is 28.6 Å². The van der Waals surface area contributed by atoms with Gasteiger partial charge in [0.15, 0.2) is 0 Å². The van der Waals surface area contributed by atoms with Crippen molar-refractivity contribution in [2.75, 3.05) is 0 Å². The SMILES string of the molecule is Cl[Se]Sc1nc2ccccc2s1. The van der Waals surface area contributed by atoms with Crippen LogP contribution in [0.3, 0.4) is 0 Å². The van der Waals surface area contributed by atoms with Crippen molar-refractivity contribution in [3.63, 3.8) is 0 Å². The molecule has 12 heavy (non-hydrogen) atoms. The Morgan fingerprint density at radius 1 is 1.42 bits per heavy atom. The van der Waals surface area contributed by atoms with E-state index in [9.17, 15) is 0 Å². The molecule has 0 fully saturated rings. The third-order valence-electron chi connectivity index (χ3n) is 1.38. The van der Waals surface area contributed by atoms with Gasteiger partial charge in [0.1, 0.15) is 0 Å². The van der Waals surface area contributed by atoms with Crippen molar-refractivity contribution in [2.45, 2.75) is 4.34 Å². The van der Waals surface area contributed by atoms with E-state index >= 15 is 0 Å². The van der Waals surface area contributed by atoms with Gasteiger partial charge >= 0.3 is 88.3 Å². The molecule has 0 aliphatic heterocycles. The Balaban J connectivity index is 2.47. The molecule has 0 amide bonds. The number of fused-ring (bicyclic) bond motifs is 1. The number of hydrogen-bond donors (Lipinski definition) is 0. The molecule has 0 spiro atoms. The third kappa shape index (κ3) is 1.78. The average Bonchev–Trinajstić information content (AvgIpc) is 2.47. The van der Waals surface area contributed by atoms with Crippen LogP contribution in [0.5, 0.6) is 0 Å². The van der Waals surface area contributed by atoms with E-state index in [0.717, 1.165) is 9.86 Å². The number of rotatable bonds is 2. The van der Waals surface area contributed by atoms with Crippen LogP contribution in [-0.2, 0) is 0 Å². The monoisotopic (exact) mass is 281 g/mol. The summed E-state index contributed by atoms with van der Waals surface area (Å²) in [4.78, 5) is 4.42. The van der Waals surface area contributed by atoms with Crippen molar-refractivity contribution >= 4 is 54.8 Å². The second-order valence-electron chi connectivity index (χ2n) is 2.09. The van der Waals surface area contributed by atoms with Crippen LogP contribution in [0, 0.1) is 0 Å². The number of thiazole rings is 1. The van der Waals surface area contributed by atoms with E-state index in [1.54, 1.807) is 21.5 Å². The fraction of sp³-hybridized carbons (Fsp3) is 0. The summed E-state index contributed by atoms with van der Waals surface area (Å²) in [5.74, 6) is 0. The Kier molecular flexibility index (Phi) is 2.94. The molecular weight excluding hydrogens is 277 g/mol. The summed E-state index contributed by atoms with van der Waals surface area (Å²) in [5.41, 5.74) is 1.07. The quantitative estimate of drug-likeness (QED) is 0.784. The van der Waals surface area contributed by atoms with E-state index in [2.05, 4.69) is 11.1 Å². The van der Waals surface area contributed by atoms with Crippen LogP contribution >= 0.6 is 31.6 Å². The fourth-order valence-electron chi connectivity index (χ4n) is 0.914. The normalized spacial score (nSPS) is 10.8. The Labute approximate surface area is 88.0 Å². The molecule has 0 saturated carbocycles. The molecule has 0 bridgehead atoms. The Morgan fingerprint density at radius 2 is 2.25 bits per heavy atom. The van der Waals surface area contributed by atoms with E-state index in [1.807, 2.05) is 18.2 Å². The minimum absolute atomic E-state index is 0.0911. The van der Waals surface area contributed by atoms with Gasteiger partial charge in [-0.05, 0) is 0 Å². The van der Waals surface area contributed by atoms with E-state index in [4.69, 9.17) is 10.1 Å². The van der Waals surface area contributed by atoms with Crippen molar-refractivity contribution in [1.29, 1.82) is 0 Å². The first-order valence-corrected chi connectivity index (χ1v) is 9.12. The first-order valence-electron chi connectivity index (χ1n) is 3.21. The summed E-state index contributed by atoms with van der Waals surface area (Å²) in [6.45, 7) is 0. The molecule has 1 heterocycles. The number of hydrogen-bond acceptors (Lipinski definition) is 3. The average molecular weight is 281 g/mol. The summed E-state index contributed by atoms with van der Waals surface area (Å²) in [7, 11) is 7.29. The molecule has 2 rings (SSSR count). The predicted octanol–water partition coefficient (Wildman–Crippen LogP) is 3.16. The van der Waals surface area contributed by atoms with Crippen LogP contribution in [0.2, 0.25) is 0 Å². The fourth-order valence-corrected chi connectivity index (χ4v) is 5.46. The number of benzene rings is 1. The second-order valence-corrected chi connectivity index (χ2v) is 7.87. The van der Waals surface area contributed by atoms with Gasteiger partial charge in [-0.1, -0.05) is 0 Å². The molecule has 0 N–H and O–H groups in total. The van der Waals surface area contributed by atoms with Crippen molar-refractivity contribution in [3.8, 4) is 0 Å². The van der Waals surface area contributed by atoms with Gasteiger partial charge in [-0.25, -0.2) is 0 Å². The number of aromatic nitrogens is 1. The summed E-state index contributed by atoms with van der Waals surface area (Å²) in [5, 5.41) is 0. The number of nitrogens with zero attached hydrogens (tertiary/aromatic N) is 1. The van der Waals surface area contributed by atoms with E-state index in [0.29, 0.717) is 0 Å². The summed E-state index contributed by atoms with van der Waals surface area (Å²) in [6, 6.07) is 8.14. The molecule has 1 aromatic carbocycles. The second kappa shape index (κ2) is 3.99. The van der Waals surface area contributed by atoms with Crippen molar-refractivity contribution in [2.24, 2.45) is 0 Å². The molecule has 0 aliphatic rings. The molecule has 0 radical (unpaired) electrons. The standard InChI is InChI=1S/C7H4ClNS2Se/c8-12-11-7-9-5-3-1-2-4-6(5)10-7/h1-4H. The van der Waals surface area contributed by atoms with E-state index in [-0.39, 0.29) is 12.9 Å². The van der Waals surface area contributed by atoms with Crippen LogP contribution in [-0.4, -0.2) is 17.9 Å². The zero-order valence-electron chi connectivity index (χ0n) is 5.86. The molecule has 0 saturated heterocycles. The number of para-hydroxylation sites is 1. The van der Waals surface area contributed by atoms with Gasteiger partial charge < -0.3 is 0 Å². The van der Waals surface area contributed by atoms with Gasteiger partial charge in [-0.15, -0.1) is 0 Å². The topological polar surface area (TPSA) is 12.9 Å². The zero-order valence-corrected chi connectivity index (χ0v) is 9.96. The molecule has 0 aliphatic carbocycles. The van der Waals surface area contributed by atoms with Gasteiger partial charge in [0, 0.05) is 0 Å². The first kappa shape index (κ1) is 8.85. The van der Waals surface area contributed by atoms with Crippen molar-refractivity contribution < 1.29 is 0 Å². The minimum atomic E-state index is 0.0911. The summed E-state index contributed by atoms with van der Waals surface area (Å²) >= 11 is 1.80. The Hall–Kier alpha value is 0.269. The number of halogens is 1. The van der Waals surface area contributed by atoms with Crippen molar-refractivity contribution in [3.05, 3.63) is 24.3 Å². The van der Waals surface area contributed by atoms with Gasteiger partial charge in [0.05, 0.1) is 0 Å².